The van der Waals surface area contributed by atoms with Crippen LogP contribution in [0.15, 0.2) is 0 Å². The summed E-state index contributed by atoms with van der Waals surface area (Å²) in [5.41, 5.74) is 0. The summed E-state index contributed by atoms with van der Waals surface area (Å²) in [5.74, 6) is -1.11. The average molecular weight is 249 g/mol. The van der Waals surface area contributed by atoms with E-state index in [1.54, 1.807) is 0 Å². The summed E-state index contributed by atoms with van der Waals surface area (Å²) in [7, 11) is 0. The van der Waals surface area contributed by atoms with Gasteiger partial charge in [-0.1, -0.05) is 19.9 Å². The molecule has 0 unspecified atom stereocenters. The Morgan fingerprint density at radius 1 is 1.24 bits per heavy atom. The second-order valence-electron chi connectivity index (χ2n) is 2.85. The van der Waals surface area contributed by atoms with E-state index in [1.165, 1.54) is 0 Å². The maximum absolute atomic E-state index is 11.0. The number of hydrogen-bond donors (Lipinski definition) is 1. The van der Waals surface area contributed by atoms with Crippen molar-refractivity contribution in [3.63, 3.8) is 0 Å². The number of imide groups is 1. The first-order chi connectivity index (χ1) is 7.15. The highest BCUT2D eigenvalue weighted by Crippen LogP contribution is 2.12. The van der Waals surface area contributed by atoms with Gasteiger partial charge in [-0.15, -0.1) is 0 Å². The summed E-state index contributed by atoms with van der Waals surface area (Å²) in [5, 5.41) is 8.80. The van der Waals surface area contributed by atoms with Crippen molar-refractivity contribution in [1.82, 2.24) is 5.06 Å². The van der Waals surface area contributed by atoms with Gasteiger partial charge in [-0.05, 0) is 0 Å². The predicted molar refractivity (Wildman–Crippen MR) is 58.7 cm³/mol. The van der Waals surface area contributed by atoms with Gasteiger partial charge < -0.3 is 9.84 Å². The number of amides is 2. The van der Waals surface area contributed by atoms with Crippen molar-refractivity contribution in [2.24, 2.45) is 0 Å². The molecule has 0 radical (unpaired) electrons. The van der Waals surface area contributed by atoms with Crippen molar-refractivity contribution >= 4 is 18.0 Å². The molecule has 1 fully saturated rings. The molecule has 0 aromatic heterocycles. The van der Waals surface area contributed by atoms with Crippen LogP contribution >= 0.6 is 0 Å². The zero-order valence-corrected chi connectivity index (χ0v) is 7.97. The molecule has 0 bridgehead atoms. The number of hydroxylamine groups is 2. The minimum absolute atomic E-state index is 0. The van der Waals surface area contributed by atoms with E-state index in [4.69, 9.17) is 5.11 Å². The molecule has 1 aliphatic rings. The Kier molecular flexibility index (Phi) is 8.89. The van der Waals surface area contributed by atoms with Crippen LogP contribution in [0.1, 0.15) is 34.1 Å². The molecule has 7 nitrogen and oxygen atoms in total. The molecule has 1 N–H and O–H groups in total. The Morgan fingerprint density at radius 2 is 1.76 bits per heavy atom. The highest BCUT2D eigenvalue weighted by atomic mass is 16.8. The van der Waals surface area contributed by atoms with Gasteiger partial charge in [0.2, 0.25) is 0 Å². The Bertz CT molecular complexity index is 262. The number of aliphatic hydroxyl groups is 1. The lowest BCUT2D eigenvalue weighted by Gasteiger charge is -2.11. The van der Waals surface area contributed by atoms with Crippen LogP contribution in [0.25, 0.3) is 0 Å². The molecule has 7 heteroatoms. The number of rotatable bonds is 4. The van der Waals surface area contributed by atoms with Crippen molar-refractivity contribution in [2.75, 3.05) is 13.2 Å². The fraction of sp³-hybridized carbons (Fsp3) is 0.700. The maximum atomic E-state index is 11.0. The summed E-state index contributed by atoms with van der Waals surface area (Å²) in [6, 6.07) is 0. The fourth-order valence-corrected chi connectivity index (χ4v) is 0.979. The molecule has 100 valence electrons. The first-order valence-electron chi connectivity index (χ1n) is 4.46. The van der Waals surface area contributed by atoms with E-state index in [-0.39, 0.29) is 47.3 Å². The number of carbonyl (C=O) groups excluding carboxylic acids is 3. The molecule has 0 aromatic rings. The first-order valence-corrected chi connectivity index (χ1v) is 4.46. The third-order valence-corrected chi connectivity index (χ3v) is 1.69. The van der Waals surface area contributed by atoms with Crippen LogP contribution in [0.3, 0.4) is 0 Å². The molecule has 17 heavy (non-hydrogen) atoms. The summed E-state index contributed by atoms with van der Waals surface area (Å²) in [4.78, 5) is 37.2. The Morgan fingerprint density at radius 3 is 2.24 bits per heavy atom. The van der Waals surface area contributed by atoms with Crippen LogP contribution in [0, 0.1) is 0 Å². The molecule has 0 spiro atoms. The van der Waals surface area contributed by atoms with Crippen LogP contribution in [0.4, 0.5) is 4.79 Å². The molecule has 1 aliphatic heterocycles. The fourth-order valence-electron chi connectivity index (χ4n) is 0.979. The monoisotopic (exact) mass is 249 g/mol. The molecular formula is C10H19NO6. The zero-order valence-electron chi connectivity index (χ0n) is 7.97. The van der Waals surface area contributed by atoms with E-state index in [0.29, 0.717) is 5.06 Å². The van der Waals surface area contributed by atoms with Crippen LogP contribution < -0.4 is 0 Å². The van der Waals surface area contributed by atoms with Crippen LogP contribution in [-0.4, -0.2) is 41.4 Å². The molecule has 0 saturated carbocycles. The van der Waals surface area contributed by atoms with Crippen molar-refractivity contribution < 1.29 is 29.1 Å². The van der Waals surface area contributed by atoms with Gasteiger partial charge in [0.15, 0.2) is 0 Å². The number of hydrogen-bond acceptors (Lipinski definition) is 6. The normalized spacial score (nSPS) is 13.8. The van der Waals surface area contributed by atoms with Crippen molar-refractivity contribution in [2.45, 2.75) is 34.1 Å². The lowest BCUT2D eigenvalue weighted by Crippen LogP contribution is -2.32. The molecule has 0 aliphatic carbocycles. The summed E-state index contributed by atoms with van der Waals surface area (Å²) < 4.78 is 4.47. The van der Waals surface area contributed by atoms with Crippen molar-refractivity contribution in [3.05, 3.63) is 0 Å². The SMILES string of the molecule is C.C.O=C(OCCCO)ON1C(=O)CCC1=O. The number of nitrogens with zero attached hydrogens (tertiary/aromatic N) is 1. The van der Waals surface area contributed by atoms with E-state index < -0.39 is 18.0 Å². The molecule has 1 heterocycles. The highest BCUT2D eigenvalue weighted by Gasteiger charge is 2.33. The van der Waals surface area contributed by atoms with Gasteiger partial charge in [0.05, 0.1) is 6.61 Å². The quantitative estimate of drug-likeness (QED) is 0.451. The lowest BCUT2D eigenvalue weighted by molar-refractivity contribution is -0.177. The lowest BCUT2D eigenvalue weighted by atomic mass is 10.4. The number of aliphatic hydroxyl groups excluding tert-OH is 1. The summed E-state index contributed by atoms with van der Waals surface area (Å²) in [6.07, 6.45) is -0.755. The van der Waals surface area contributed by atoms with Crippen LogP contribution in [0.5, 0.6) is 0 Å². The van der Waals surface area contributed by atoms with Crippen LogP contribution in [-0.2, 0) is 19.2 Å². The van der Waals surface area contributed by atoms with E-state index in [9.17, 15) is 14.4 Å². The summed E-state index contributed by atoms with van der Waals surface area (Å²) >= 11 is 0. The topological polar surface area (TPSA) is 93.1 Å². The van der Waals surface area contributed by atoms with Gasteiger partial charge in [-0.3, -0.25) is 14.4 Å². The van der Waals surface area contributed by atoms with Gasteiger partial charge >= 0.3 is 6.16 Å². The molecule has 2 amide bonds. The second kappa shape index (κ2) is 8.51. The van der Waals surface area contributed by atoms with Gasteiger partial charge in [-0.2, -0.15) is 0 Å². The maximum Gasteiger partial charge on any atom is 0.533 e. The minimum atomic E-state index is -1.12. The third kappa shape index (κ3) is 5.30. The second-order valence-corrected chi connectivity index (χ2v) is 2.85. The van der Waals surface area contributed by atoms with E-state index in [1.807, 2.05) is 0 Å². The van der Waals surface area contributed by atoms with E-state index >= 15 is 0 Å². The smallest absolute Gasteiger partial charge is 0.433 e. The number of ether oxygens (including phenoxy) is 1. The minimum Gasteiger partial charge on any atom is -0.433 e. The van der Waals surface area contributed by atoms with Crippen molar-refractivity contribution in [1.29, 1.82) is 0 Å². The van der Waals surface area contributed by atoms with Gasteiger partial charge in [0.1, 0.15) is 0 Å². The van der Waals surface area contributed by atoms with Gasteiger partial charge in [0.25, 0.3) is 11.8 Å². The van der Waals surface area contributed by atoms with Gasteiger partial charge in [-0.25, -0.2) is 4.79 Å². The average Bonchev–Trinajstić information content (AvgIpc) is 2.50. The molecule has 0 aromatic carbocycles. The Balaban J connectivity index is 0. The van der Waals surface area contributed by atoms with Gasteiger partial charge in [0, 0.05) is 25.9 Å². The largest absolute Gasteiger partial charge is 0.533 e. The Labute approximate surface area is 100 Å². The molecule has 0 atom stereocenters. The molecule has 1 saturated heterocycles. The third-order valence-electron chi connectivity index (χ3n) is 1.69. The zero-order chi connectivity index (χ0) is 11.3. The molecule has 1 rings (SSSR count). The first kappa shape index (κ1) is 17.8. The molecular weight excluding hydrogens is 230 g/mol. The van der Waals surface area contributed by atoms with E-state index in [0.717, 1.165) is 0 Å². The Hall–Kier alpha value is -1.63. The van der Waals surface area contributed by atoms with E-state index in [2.05, 4.69) is 9.57 Å². The predicted octanol–water partition coefficient (Wildman–Crippen LogP) is 0.858. The highest BCUT2D eigenvalue weighted by molar-refractivity contribution is 6.01. The van der Waals surface area contributed by atoms with Crippen LogP contribution in [0.2, 0.25) is 0 Å². The number of carbonyl (C=O) groups is 3. The van der Waals surface area contributed by atoms with Crippen molar-refractivity contribution in [3.8, 4) is 0 Å². The standard InChI is InChI=1S/C8H11NO6.2CH4/c10-4-1-5-14-8(13)15-9-6(11)2-3-7(9)12;;/h10H,1-5H2;2*1H4. The summed E-state index contributed by atoms with van der Waals surface area (Å²) in [6.45, 7) is -0.138.